The van der Waals surface area contributed by atoms with E-state index in [9.17, 15) is 13.2 Å². The number of ether oxygens (including phenoxy) is 1. The molecule has 0 aromatic carbocycles. The molecule has 1 aliphatic carbocycles. The predicted octanol–water partition coefficient (Wildman–Crippen LogP) is -1.47. The molecule has 3 atom stereocenters. The van der Waals surface area contributed by atoms with Crippen LogP contribution >= 0.6 is 0 Å². The van der Waals surface area contributed by atoms with Crippen LogP contribution in [-0.2, 0) is 19.6 Å². The average molecular weight is 291 g/mol. The van der Waals surface area contributed by atoms with Gasteiger partial charge in [0.25, 0.3) is 0 Å². The van der Waals surface area contributed by atoms with Crippen molar-refractivity contribution in [2.45, 2.75) is 31.9 Å². The monoisotopic (exact) mass is 291 g/mol. The molecule has 0 aromatic heterocycles. The van der Waals surface area contributed by atoms with Crippen molar-refractivity contribution >= 4 is 15.9 Å². The number of amides is 1. The third-order valence-corrected chi connectivity index (χ3v) is 5.28. The molecule has 0 bridgehead atoms. The standard InChI is InChI=1S/C11H21N3O4S/c1-10(2)8-7(3-5-18-8)11(10,12)9(15)14-4-6-19(13,16)17/h7-8H,3-6,12H2,1-2H3,(H,14,15)(H2,13,16,17). The topological polar surface area (TPSA) is 125 Å². The summed E-state index contributed by atoms with van der Waals surface area (Å²) in [5.74, 6) is -0.621. The molecule has 3 unspecified atom stereocenters. The van der Waals surface area contributed by atoms with Crippen molar-refractivity contribution in [3.63, 3.8) is 0 Å². The molecule has 1 heterocycles. The molecule has 1 saturated heterocycles. The molecular formula is C11H21N3O4S. The van der Waals surface area contributed by atoms with Crippen LogP contribution < -0.4 is 16.2 Å². The van der Waals surface area contributed by atoms with Crippen LogP contribution in [0.1, 0.15) is 20.3 Å². The summed E-state index contributed by atoms with van der Waals surface area (Å²) >= 11 is 0. The maximum atomic E-state index is 12.3. The van der Waals surface area contributed by atoms with Gasteiger partial charge in [-0.15, -0.1) is 0 Å². The van der Waals surface area contributed by atoms with E-state index in [1.165, 1.54) is 0 Å². The average Bonchev–Trinajstić information content (AvgIpc) is 2.73. The molecule has 2 aliphatic rings. The first-order valence-electron chi connectivity index (χ1n) is 6.30. The maximum absolute atomic E-state index is 12.3. The molecule has 0 radical (unpaired) electrons. The fourth-order valence-corrected chi connectivity index (χ4v) is 3.68. The third kappa shape index (κ3) is 2.16. The number of fused-ring (bicyclic) bond motifs is 1. The largest absolute Gasteiger partial charge is 0.377 e. The summed E-state index contributed by atoms with van der Waals surface area (Å²) in [5.41, 5.74) is 4.82. The maximum Gasteiger partial charge on any atom is 0.241 e. The lowest BCUT2D eigenvalue weighted by Crippen LogP contribution is -2.80. The van der Waals surface area contributed by atoms with Gasteiger partial charge in [0.05, 0.1) is 11.9 Å². The number of rotatable bonds is 4. The van der Waals surface area contributed by atoms with Gasteiger partial charge in [-0.1, -0.05) is 13.8 Å². The second-order valence-corrected chi connectivity index (χ2v) is 7.63. The van der Waals surface area contributed by atoms with Crippen LogP contribution in [0.5, 0.6) is 0 Å². The van der Waals surface area contributed by atoms with Crippen molar-refractivity contribution in [3.05, 3.63) is 0 Å². The van der Waals surface area contributed by atoms with Crippen molar-refractivity contribution in [1.82, 2.24) is 5.32 Å². The van der Waals surface area contributed by atoms with Crippen LogP contribution in [-0.4, -0.2) is 44.9 Å². The fourth-order valence-electron chi connectivity index (χ4n) is 3.30. The van der Waals surface area contributed by atoms with E-state index in [4.69, 9.17) is 15.6 Å². The van der Waals surface area contributed by atoms with Gasteiger partial charge in [0.2, 0.25) is 15.9 Å². The van der Waals surface area contributed by atoms with Gasteiger partial charge < -0.3 is 15.8 Å². The molecule has 1 saturated carbocycles. The van der Waals surface area contributed by atoms with Crippen molar-refractivity contribution in [3.8, 4) is 0 Å². The summed E-state index contributed by atoms with van der Waals surface area (Å²) in [6.07, 6.45) is 0.759. The number of sulfonamides is 1. The van der Waals surface area contributed by atoms with Gasteiger partial charge in [-0.05, 0) is 6.42 Å². The number of hydrogen-bond acceptors (Lipinski definition) is 5. The Hall–Kier alpha value is -0.700. The Balaban J connectivity index is 2.02. The SMILES string of the molecule is CC1(C)C2OCCC2C1(N)C(=O)NCCS(N)(=O)=O. The minimum Gasteiger partial charge on any atom is -0.377 e. The molecule has 110 valence electrons. The highest BCUT2D eigenvalue weighted by molar-refractivity contribution is 7.89. The van der Waals surface area contributed by atoms with Gasteiger partial charge >= 0.3 is 0 Å². The Labute approximate surface area is 113 Å². The van der Waals surface area contributed by atoms with E-state index in [-0.39, 0.29) is 30.2 Å². The zero-order chi connectivity index (χ0) is 14.5. The van der Waals surface area contributed by atoms with Gasteiger partial charge in [0, 0.05) is 24.5 Å². The quantitative estimate of drug-likeness (QED) is 0.583. The molecule has 7 nitrogen and oxygen atoms in total. The summed E-state index contributed by atoms with van der Waals surface area (Å²) in [4.78, 5) is 12.3. The van der Waals surface area contributed by atoms with E-state index >= 15 is 0 Å². The summed E-state index contributed by atoms with van der Waals surface area (Å²) in [5, 5.41) is 7.46. The molecule has 5 N–H and O–H groups in total. The Morgan fingerprint density at radius 2 is 2.11 bits per heavy atom. The highest BCUT2D eigenvalue weighted by atomic mass is 32.2. The highest BCUT2D eigenvalue weighted by Gasteiger charge is 2.71. The van der Waals surface area contributed by atoms with E-state index in [0.29, 0.717) is 6.61 Å². The van der Waals surface area contributed by atoms with E-state index in [2.05, 4.69) is 5.32 Å². The van der Waals surface area contributed by atoms with E-state index in [1.807, 2.05) is 13.8 Å². The second-order valence-electron chi connectivity index (χ2n) is 5.90. The minimum absolute atomic E-state index is 0.00138. The number of nitrogens with two attached hydrogens (primary N) is 2. The molecule has 0 spiro atoms. The van der Waals surface area contributed by atoms with Crippen LogP contribution in [0.2, 0.25) is 0 Å². The zero-order valence-corrected chi connectivity index (χ0v) is 12.0. The Morgan fingerprint density at radius 3 is 2.68 bits per heavy atom. The number of primary sulfonamides is 1. The number of carbonyl (C=O) groups excluding carboxylic acids is 1. The molecule has 2 rings (SSSR count). The van der Waals surface area contributed by atoms with Crippen LogP contribution in [0.25, 0.3) is 0 Å². The lowest BCUT2D eigenvalue weighted by atomic mass is 9.48. The van der Waals surface area contributed by atoms with Crippen molar-refractivity contribution in [2.75, 3.05) is 18.9 Å². The molecule has 2 fully saturated rings. The van der Waals surface area contributed by atoms with Crippen molar-refractivity contribution in [1.29, 1.82) is 0 Å². The van der Waals surface area contributed by atoms with Crippen molar-refractivity contribution in [2.24, 2.45) is 22.2 Å². The molecule has 19 heavy (non-hydrogen) atoms. The lowest BCUT2D eigenvalue weighted by molar-refractivity contribution is -0.175. The number of nitrogens with one attached hydrogen (secondary N) is 1. The van der Waals surface area contributed by atoms with Gasteiger partial charge in [0.1, 0.15) is 5.54 Å². The smallest absolute Gasteiger partial charge is 0.241 e. The van der Waals surface area contributed by atoms with Gasteiger partial charge in [-0.3, -0.25) is 4.79 Å². The first-order chi connectivity index (χ1) is 8.61. The number of hydrogen-bond donors (Lipinski definition) is 3. The molecule has 1 aliphatic heterocycles. The van der Waals surface area contributed by atoms with Crippen LogP contribution in [0.4, 0.5) is 0 Å². The molecular weight excluding hydrogens is 270 g/mol. The van der Waals surface area contributed by atoms with Crippen molar-refractivity contribution < 1.29 is 17.9 Å². The third-order valence-electron chi connectivity index (χ3n) is 4.50. The summed E-state index contributed by atoms with van der Waals surface area (Å²) in [7, 11) is -3.58. The molecule has 1 amide bonds. The lowest BCUT2D eigenvalue weighted by Gasteiger charge is -2.60. The Bertz CT molecular complexity index is 490. The first-order valence-corrected chi connectivity index (χ1v) is 8.01. The summed E-state index contributed by atoms with van der Waals surface area (Å²) in [6.45, 7) is 4.39. The van der Waals surface area contributed by atoms with Crippen LogP contribution in [0.3, 0.4) is 0 Å². The van der Waals surface area contributed by atoms with Gasteiger partial charge in [0.15, 0.2) is 0 Å². The highest BCUT2D eigenvalue weighted by Crippen LogP contribution is 2.58. The first kappa shape index (κ1) is 14.7. The summed E-state index contributed by atoms with van der Waals surface area (Å²) < 4.78 is 27.3. The normalized spacial score (nSPS) is 36.4. The zero-order valence-electron chi connectivity index (χ0n) is 11.2. The van der Waals surface area contributed by atoms with Gasteiger partial charge in [-0.25, -0.2) is 13.6 Å². The number of carbonyl (C=O) groups is 1. The Kier molecular flexibility index (Phi) is 3.41. The molecule has 8 heteroatoms. The van der Waals surface area contributed by atoms with Gasteiger partial charge in [-0.2, -0.15) is 0 Å². The molecule has 0 aromatic rings. The van der Waals surface area contributed by atoms with E-state index < -0.39 is 21.0 Å². The fraction of sp³-hybridized carbons (Fsp3) is 0.909. The minimum atomic E-state index is -3.58. The Morgan fingerprint density at radius 1 is 1.47 bits per heavy atom. The summed E-state index contributed by atoms with van der Waals surface area (Å²) in [6, 6.07) is 0. The van der Waals surface area contributed by atoms with E-state index in [1.54, 1.807) is 0 Å². The predicted molar refractivity (Wildman–Crippen MR) is 69.5 cm³/mol. The van der Waals surface area contributed by atoms with Crippen LogP contribution in [0.15, 0.2) is 0 Å². The van der Waals surface area contributed by atoms with Crippen LogP contribution in [0, 0.1) is 11.3 Å². The second kappa shape index (κ2) is 4.41. The van der Waals surface area contributed by atoms with E-state index in [0.717, 1.165) is 6.42 Å².